The molecule has 1 aromatic carbocycles. The van der Waals surface area contributed by atoms with Crippen molar-refractivity contribution >= 4 is 5.78 Å². The van der Waals surface area contributed by atoms with Gasteiger partial charge in [0.05, 0.1) is 5.54 Å². The quantitative estimate of drug-likeness (QED) is 0.892. The summed E-state index contributed by atoms with van der Waals surface area (Å²) < 4.78 is 0. The highest BCUT2D eigenvalue weighted by Gasteiger charge is 2.40. The van der Waals surface area contributed by atoms with Crippen LogP contribution in [0.1, 0.15) is 50.5 Å². The normalized spacial score (nSPS) is 31.2. The lowest BCUT2D eigenvalue weighted by Crippen LogP contribution is -2.48. The zero-order valence-corrected chi connectivity index (χ0v) is 12.2. The van der Waals surface area contributed by atoms with E-state index in [-0.39, 0.29) is 5.54 Å². The summed E-state index contributed by atoms with van der Waals surface area (Å²) in [6.45, 7) is 1.03. The second kappa shape index (κ2) is 6.09. The van der Waals surface area contributed by atoms with E-state index in [1.54, 1.807) is 0 Å². The van der Waals surface area contributed by atoms with Crippen LogP contribution in [0.4, 0.5) is 0 Å². The van der Waals surface area contributed by atoms with Crippen molar-refractivity contribution in [2.75, 3.05) is 6.54 Å². The maximum atomic E-state index is 12.5. The van der Waals surface area contributed by atoms with Crippen LogP contribution in [0.3, 0.4) is 0 Å². The highest BCUT2D eigenvalue weighted by atomic mass is 16.1. The van der Waals surface area contributed by atoms with E-state index < -0.39 is 0 Å². The Morgan fingerprint density at radius 2 is 1.90 bits per heavy atom. The van der Waals surface area contributed by atoms with Crippen LogP contribution in [-0.2, 0) is 11.2 Å². The third-order valence-electron chi connectivity index (χ3n) is 5.14. The number of carbonyl (C=O) groups is 1. The fourth-order valence-corrected chi connectivity index (χ4v) is 3.96. The molecular formula is C18H25NO. The van der Waals surface area contributed by atoms with Crippen molar-refractivity contribution in [3.05, 3.63) is 35.9 Å². The van der Waals surface area contributed by atoms with Crippen LogP contribution in [0.5, 0.6) is 0 Å². The van der Waals surface area contributed by atoms with E-state index in [0.29, 0.717) is 11.7 Å². The SMILES string of the molecule is O=C1CCC(Cc2ccccc2)CCCC12CCCN2. The van der Waals surface area contributed by atoms with Crippen molar-refractivity contribution in [2.45, 2.75) is 56.9 Å². The molecule has 1 aliphatic heterocycles. The minimum Gasteiger partial charge on any atom is -0.305 e. The largest absolute Gasteiger partial charge is 0.305 e. The van der Waals surface area contributed by atoms with Crippen molar-refractivity contribution in [2.24, 2.45) is 5.92 Å². The summed E-state index contributed by atoms with van der Waals surface area (Å²) in [6, 6.07) is 10.7. The van der Waals surface area contributed by atoms with Gasteiger partial charge in [0.15, 0.2) is 5.78 Å². The van der Waals surface area contributed by atoms with Crippen molar-refractivity contribution in [1.29, 1.82) is 0 Å². The molecule has 108 valence electrons. The van der Waals surface area contributed by atoms with Crippen molar-refractivity contribution in [1.82, 2.24) is 5.32 Å². The zero-order chi connectivity index (χ0) is 13.8. The highest BCUT2D eigenvalue weighted by molar-refractivity contribution is 5.88. The first-order valence-corrected chi connectivity index (χ1v) is 8.11. The molecule has 1 aromatic rings. The first kappa shape index (κ1) is 13.8. The van der Waals surface area contributed by atoms with Gasteiger partial charge in [0.1, 0.15) is 0 Å². The highest BCUT2D eigenvalue weighted by Crippen LogP contribution is 2.33. The molecule has 1 aliphatic carbocycles. The first-order valence-electron chi connectivity index (χ1n) is 8.11. The predicted molar refractivity (Wildman–Crippen MR) is 81.7 cm³/mol. The van der Waals surface area contributed by atoms with Crippen LogP contribution >= 0.6 is 0 Å². The summed E-state index contributed by atoms with van der Waals surface area (Å²) in [5.74, 6) is 1.16. The van der Waals surface area contributed by atoms with E-state index in [4.69, 9.17) is 0 Å². The smallest absolute Gasteiger partial charge is 0.152 e. The van der Waals surface area contributed by atoms with Gasteiger partial charge < -0.3 is 5.32 Å². The van der Waals surface area contributed by atoms with E-state index in [1.807, 2.05) is 0 Å². The molecule has 1 saturated carbocycles. The summed E-state index contributed by atoms with van der Waals surface area (Å²) >= 11 is 0. The molecule has 1 saturated heterocycles. The number of benzene rings is 1. The lowest BCUT2D eigenvalue weighted by Gasteiger charge is -2.32. The minimum atomic E-state index is -0.141. The molecule has 3 rings (SSSR count). The third kappa shape index (κ3) is 2.95. The molecule has 0 amide bonds. The fourth-order valence-electron chi connectivity index (χ4n) is 3.96. The van der Waals surface area contributed by atoms with Crippen molar-refractivity contribution < 1.29 is 4.79 Å². The topological polar surface area (TPSA) is 29.1 Å². The van der Waals surface area contributed by atoms with Crippen LogP contribution in [-0.4, -0.2) is 17.9 Å². The molecule has 2 heteroatoms. The monoisotopic (exact) mass is 271 g/mol. The molecule has 2 unspecified atom stereocenters. The summed E-state index contributed by atoms with van der Waals surface area (Å²) in [5.41, 5.74) is 1.27. The first-order chi connectivity index (χ1) is 9.78. The molecule has 1 spiro atoms. The van der Waals surface area contributed by atoms with Gasteiger partial charge in [0.2, 0.25) is 0 Å². The maximum absolute atomic E-state index is 12.5. The summed E-state index contributed by atoms with van der Waals surface area (Å²) in [7, 11) is 0. The van der Waals surface area contributed by atoms with E-state index in [0.717, 1.165) is 38.6 Å². The fraction of sp³-hybridized carbons (Fsp3) is 0.611. The Labute approximate surface area is 122 Å². The third-order valence-corrected chi connectivity index (χ3v) is 5.14. The zero-order valence-electron chi connectivity index (χ0n) is 12.2. The summed E-state index contributed by atoms with van der Waals surface area (Å²) in [5, 5.41) is 3.50. The van der Waals surface area contributed by atoms with E-state index in [2.05, 4.69) is 35.6 Å². The van der Waals surface area contributed by atoms with Crippen molar-refractivity contribution in [3.63, 3.8) is 0 Å². The number of ketones is 1. The molecule has 2 aliphatic rings. The van der Waals surface area contributed by atoms with Gasteiger partial charge in [-0.1, -0.05) is 43.2 Å². The average Bonchev–Trinajstić information content (AvgIpc) is 2.94. The van der Waals surface area contributed by atoms with Gasteiger partial charge in [0.25, 0.3) is 0 Å². The minimum absolute atomic E-state index is 0.141. The van der Waals surface area contributed by atoms with Gasteiger partial charge in [-0.05, 0) is 50.1 Å². The second-order valence-electron chi connectivity index (χ2n) is 6.52. The Bertz CT molecular complexity index is 448. The Hall–Kier alpha value is -1.15. The predicted octanol–water partition coefficient (Wildman–Crippen LogP) is 3.50. The van der Waals surface area contributed by atoms with Gasteiger partial charge in [-0.25, -0.2) is 0 Å². The Morgan fingerprint density at radius 1 is 1.10 bits per heavy atom. The second-order valence-corrected chi connectivity index (χ2v) is 6.52. The number of rotatable bonds is 2. The Morgan fingerprint density at radius 3 is 2.65 bits per heavy atom. The van der Waals surface area contributed by atoms with Crippen molar-refractivity contribution in [3.8, 4) is 0 Å². The standard InChI is InChI=1S/C18H25NO/c20-17-10-9-16(14-15-6-2-1-3-7-15)8-4-11-18(17)12-5-13-19-18/h1-3,6-7,16,19H,4-5,8-14H2. The van der Waals surface area contributed by atoms with Gasteiger partial charge in [-0.3, -0.25) is 4.79 Å². The number of nitrogens with one attached hydrogen (secondary N) is 1. The Kier molecular flexibility index (Phi) is 4.21. The molecule has 1 N–H and O–H groups in total. The van der Waals surface area contributed by atoms with E-state index in [1.165, 1.54) is 24.8 Å². The average molecular weight is 271 g/mol. The van der Waals surface area contributed by atoms with Gasteiger partial charge in [-0.15, -0.1) is 0 Å². The summed E-state index contributed by atoms with van der Waals surface area (Å²) in [6.07, 6.45) is 8.71. The number of hydrogen-bond acceptors (Lipinski definition) is 2. The van der Waals surface area contributed by atoms with Crippen LogP contribution in [0.2, 0.25) is 0 Å². The summed E-state index contributed by atoms with van der Waals surface area (Å²) in [4.78, 5) is 12.5. The molecule has 0 radical (unpaired) electrons. The number of hydrogen-bond donors (Lipinski definition) is 1. The number of carbonyl (C=O) groups excluding carboxylic acids is 1. The van der Waals surface area contributed by atoms with Crippen LogP contribution in [0.15, 0.2) is 30.3 Å². The molecule has 1 heterocycles. The van der Waals surface area contributed by atoms with Gasteiger partial charge >= 0.3 is 0 Å². The lowest BCUT2D eigenvalue weighted by atomic mass is 9.77. The van der Waals surface area contributed by atoms with Crippen LogP contribution in [0.25, 0.3) is 0 Å². The molecule has 0 bridgehead atoms. The molecule has 20 heavy (non-hydrogen) atoms. The molecule has 2 fully saturated rings. The maximum Gasteiger partial charge on any atom is 0.152 e. The van der Waals surface area contributed by atoms with Gasteiger partial charge in [-0.2, -0.15) is 0 Å². The molecule has 2 nitrogen and oxygen atoms in total. The molecule has 0 aromatic heterocycles. The van der Waals surface area contributed by atoms with E-state index >= 15 is 0 Å². The molecule has 2 atom stereocenters. The molecular weight excluding hydrogens is 246 g/mol. The lowest BCUT2D eigenvalue weighted by molar-refractivity contribution is -0.126. The number of Topliss-reactive ketones (excluding diaryl/α,β-unsaturated/α-hetero) is 1. The van der Waals surface area contributed by atoms with Crippen LogP contribution in [0, 0.1) is 5.92 Å². The Balaban J connectivity index is 1.61. The van der Waals surface area contributed by atoms with E-state index in [9.17, 15) is 4.79 Å². The van der Waals surface area contributed by atoms with Crippen LogP contribution < -0.4 is 5.32 Å². The van der Waals surface area contributed by atoms with Gasteiger partial charge in [0, 0.05) is 6.42 Å².